The highest BCUT2D eigenvalue weighted by atomic mass is 16.2. The first kappa shape index (κ1) is 24.4. The first-order valence-corrected chi connectivity index (χ1v) is 12.2. The van der Waals surface area contributed by atoms with Gasteiger partial charge < -0.3 is 4.90 Å². The van der Waals surface area contributed by atoms with E-state index in [1.165, 1.54) is 0 Å². The SMILES string of the molecule is Cc1cccc(-n2c(C(C)N(CCC(C)C)C(=O)c3ccccc3C)nc3ccccc3c2=O)c1. The van der Waals surface area contributed by atoms with Crippen LogP contribution in [-0.2, 0) is 0 Å². The Balaban J connectivity index is 1.92. The minimum absolute atomic E-state index is 0.0468. The normalized spacial score (nSPS) is 12.2. The Bertz CT molecular complexity index is 1420. The molecule has 0 N–H and O–H groups in total. The summed E-state index contributed by atoms with van der Waals surface area (Å²) in [7, 11) is 0. The molecule has 0 radical (unpaired) electrons. The van der Waals surface area contributed by atoms with Gasteiger partial charge in [0.2, 0.25) is 0 Å². The summed E-state index contributed by atoms with van der Waals surface area (Å²) in [5.74, 6) is 0.942. The van der Waals surface area contributed by atoms with Crippen molar-refractivity contribution >= 4 is 16.8 Å². The number of carbonyl (C=O) groups is 1. The van der Waals surface area contributed by atoms with Gasteiger partial charge in [0.1, 0.15) is 5.82 Å². The van der Waals surface area contributed by atoms with E-state index in [4.69, 9.17) is 4.98 Å². The van der Waals surface area contributed by atoms with Crippen molar-refractivity contribution in [2.45, 2.75) is 47.1 Å². The Hall–Kier alpha value is -3.73. The van der Waals surface area contributed by atoms with Gasteiger partial charge in [0.15, 0.2) is 0 Å². The number of hydrogen-bond acceptors (Lipinski definition) is 3. The molecule has 4 aromatic rings. The van der Waals surface area contributed by atoms with Crippen molar-refractivity contribution < 1.29 is 4.79 Å². The van der Waals surface area contributed by atoms with Crippen LogP contribution in [0.3, 0.4) is 0 Å². The number of carbonyl (C=O) groups excluding carboxylic acids is 1. The average Bonchev–Trinajstić information content (AvgIpc) is 2.84. The van der Waals surface area contributed by atoms with Crippen LogP contribution in [0.2, 0.25) is 0 Å². The number of rotatable bonds is 7. The lowest BCUT2D eigenvalue weighted by molar-refractivity contribution is 0.0670. The molecule has 1 aromatic heterocycles. The summed E-state index contributed by atoms with van der Waals surface area (Å²) < 4.78 is 1.67. The lowest BCUT2D eigenvalue weighted by atomic mass is 10.0. The van der Waals surface area contributed by atoms with E-state index in [2.05, 4.69) is 13.8 Å². The number of aryl methyl sites for hydroxylation is 2. The van der Waals surface area contributed by atoms with Crippen molar-refractivity contribution in [3.63, 3.8) is 0 Å². The molecule has 1 heterocycles. The van der Waals surface area contributed by atoms with Crippen LogP contribution < -0.4 is 5.56 Å². The summed E-state index contributed by atoms with van der Waals surface area (Å²) >= 11 is 0. The Morgan fingerprint density at radius 1 is 0.943 bits per heavy atom. The van der Waals surface area contributed by atoms with Crippen LogP contribution in [0, 0.1) is 19.8 Å². The molecule has 5 heteroatoms. The molecule has 0 fully saturated rings. The number of hydrogen-bond donors (Lipinski definition) is 0. The Kier molecular flexibility index (Phi) is 7.15. The molecule has 1 amide bonds. The number of benzene rings is 3. The lowest BCUT2D eigenvalue weighted by Crippen LogP contribution is -2.38. The van der Waals surface area contributed by atoms with Crippen LogP contribution in [0.1, 0.15) is 60.5 Å². The predicted molar refractivity (Wildman–Crippen MR) is 142 cm³/mol. The molecule has 0 saturated carbocycles. The van der Waals surface area contributed by atoms with Crippen molar-refractivity contribution in [1.29, 1.82) is 0 Å². The maximum absolute atomic E-state index is 13.9. The second kappa shape index (κ2) is 10.3. The van der Waals surface area contributed by atoms with Crippen LogP contribution in [0.5, 0.6) is 0 Å². The molecule has 5 nitrogen and oxygen atoms in total. The van der Waals surface area contributed by atoms with Gasteiger partial charge in [-0.15, -0.1) is 0 Å². The fourth-order valence-electron chi connectivity index (χ4n) is 4.42. The van der Waals surface area contributed by atoms with Crippen molar-refractivity contribution in [3.05, 3.63) is 106 Å². The fraction of sp³-hybridized carbons (Fsp3) is 0.300. The highest BCUT2D eigenvalue weighted by Gasteiger charge is 2.28. The van der Waals surface area contributed by atoms with E-state index in [1.807, 2.05) is 92.4 Å². The van der Waals surface area contributed by atoms with E-state index < -0.39 is 6.04 Å². The first-order valence-electron chi connectivity index (χ1n) is 12.2. The Labute approximate surface area is 207 Å². The summed E-state index contributed by atoms with van der Waals surface area (Å²) in [6.45, 7) is 10.8. The summed E-state index contributed by atoms with van der Waals surface area (Å²) in [5.41, 5.74) is 3.91. The molecule has 1 atom stereocenters. The van der Waals surface area contributed by atoms with E-state index in [9.17, 15) is 9.59 Å². The van der Waals surface area contributed by atoms with Gasteiger partial charge in [-0.3, -0.25) is 14.2 Å². The van der Waals surface area contributed by atoms with Gasteiger partial charge in [0.25, 0.3) is 11.5 Å². The third kappa shape index (κ3) is 5.04. The average molecular weight is 468 g/mol. The third-order valence-electron chi connectivity index (χ3n) is 6.49. The third-order valence-corrected chi connectivity index (χ3v) is 6.49. The summed E-state index contributed by atoms with van der Waals surface area (Å²) in [6.07, 6.45) is 0.851. The molecule has 4 rings (SSSR count). The lowest BCUT2D eigenvalue weighted by Gasteiger charge is -2.31. The Morgan fingerprint density at radius 2 is 1.66 bits per heavy atom. The zero-order valence-electron chi connectivity index (χ0n) is 21.2. The molecule has 1 unspecified atom stereocenters. The van der Waals surface area contributed by atoms with Crippen LogP contribution >= 0.6 is 0 Å². The summed E-state index contributed by atoms with van der Waals surface area (Å²) in [4.78, 5) is 34.4. The number of aromatic nitrogens is 2. The van der Waals surface area contributed by atoms with E-state index in [1.54, 1.807) is 10.6 Å². The summed E-state index contributed by atoms with van der Waals surface area (Å²) in [5, 5.41) is 0.559. The number of fused-ring (bicyclic) bond motifs is 1. The number of amides is 1. The summed E-state index contributed by atoms with van der Waals surface area (Å²) in [6, 6.07) is 22.5. The number of para-hydroxylation sites is 1. The predicted octanol–water partition coefficient (Wildman–Crippen LogP) is 6.25. The zero-order valence-corrected chi connectivity index (χ0v) is 21.2. The maximum atomic E-state index is 13.9. The minimum Gasteiger partial charge on any atom is -0.329 e. The van der Waals surface area contributed by atoms with Gasteiger partial charge >= 0.3 is 0 Å². The van der Waals surface area contributed by atoms with Crippen molar-refractivity contribution in [1.82, 2.24) is 14.5 Å². The van der Waals surface area contributed by atoms with Gasteiger partial charge in [-0.25, -0.2) is 4.98 Å². The smallest absolute Gasteiger partial charge is 0.266 e. The largest absolute Gasteiger partial charge is 0.329 e. The van der Waals surface area contributed by atoms with Crippen molar-refractivity contribution in [3.8, 4) is 5.69 Å². The van der Waals surface area contributed by atoms with Gasteiger partial charge in [0.05, 0.1) is 22.6 Å². The van der Waals surface area contributed by atoms with Gasteiger partial charge in [0, 0.05) is 12.1 Å². The Morgan fingerprint density at radius 3 is 2.37 bits per heavy atom. The van der Waals surface area contributed by atoms with Gasteiger partial charge in [-0.1, -0.05) is 56.3 Å². The second-order valence-corrected chi connectivity index (χ2v) is 9.64. The van der Waals surface area contributed by atoms with Crippen LogP contribution in [-0.4, -0.2) is 26.9 Å². The van der Waals surface area contributed by atoms with Crippen molar-refractivity contribution in [2.24, 2.45) is 5.92 Å². The molecule has 3 aromatic carbocycles. The maximum Gasteiger partial charge on any atom is 0.266 e. The molecular formula is C30H33N3O2. The minimum atomic E-state index is -0.418. The number of nitrogens with zero attached hydrogens (tertiary/aromatic N) is 3. The highest BCUT2D eigenvalue weighted by Crippen LogP contribution is 2.26. The molecular weight excluding hydrogens is 434 g/mol. The van der Waals surface area contributed by atoms with E-state index in [0.717, 1.165) is 23.2 Å². The molecule has 0 bridgehead atoms. The second-order valence-electron chi connectivity index (χ2n) is 9.64. The molecule has 0 saturated heterocycles. The monoisotopic (exact) mass is 467 g/mol. The van der Waals surface area contributed by atoms with Gasteiger partial charge in [-0.2, -0.15) is 0 Å². The van der Waals surface area contributed by atoms with E-state index >= 15 is 0 Å². The topological polar surface area (TPSA) is 55.2 Å². The zero-order chi connectivity index (χ0) is 25.1. The molecule has 0 aliphatic rings. The molecule has 180 valence electrons. The van der Waals surface area contributed by atoms with E-state index in [0.29, 0.717) is 34.8 Å². The quantitative estimate of drug-likeness (QED) is 0.323. The molecule has 0 aliphatic carbocycles. The van der Waals surface area contributed by atoms with Gasteiger partial charge in [-0.05, 0) is 74.6 Å². The first-order chi connectivity index (χ1) is 16.8. The van der Waals surface area contributed by atoms with Crippen molar-refractivity contribution in [2.75, 3.05) is 6.54 Å². The standard InChI is InChI=1S/C30H33N3O2/c1-20(2)17-18-32(29(34)25-14-7-6-12-22(25)4)23(5)28-31-27-16-9-8-15-26(27)30(35)33(28)24-13-10-11-21(3)19-24/h6-16,19-20,23H,17-18H2,1-5H3. The van der Waals surface area contributed by atoms with Crippen LogP contribution in [0.25, 0.3) is 16.6 Å². The fourth-order valence-corrected chi connectivity index (χ4v) is 4.42. The highest BCUT2D eigenvalue weighted by molar-refractivity contribution is 5.96. The van der Waals surface area contributed by atoms with Crippen LogP contribution in [0.15, 0.2) is 77.6 Å². The van der Waals surface area contributed by atoms with E-state index in [-0.39, 0.29) is 11.5 Å². The molecule has 0 spiro atoms. The molecule has 0 aliphatic heterocycles. The van der Waals surface area contributed by atoms with Crippen LogP contribution in [0.4, 0.5) is 0 Å². The molecule has 35 heavy (non-hydrogen) atoms.